The molecule has 84 heavy (non-hydrogen) atoms. The molecule has 0 fully saturated rings. The number of methoxy groups -OCH3 is 2. The number of nitrogens with zero attached hydrogens (tertiary/aromatic N) is 4. The molecule has 1 unspecified atom stereocenters. The Morgan fingerprint density at radius 2 is 1.13 bits per heavy atom. The van der Waals surface area contributed by atoms with Gasteiger partial charge in [-0.25, -0.2) is 38.3 Å². The molecule has 7 aliphatic rings. The number of hydrogen-bond acceptors (Lipinski definition) is 18. The number of aromatic nitrogens is 3. The van der Waals surface area contributed by atoms with Crippen molar-refractivity contribution < 1.29 is 64.9 Å². The molecule has 0 aliphatic carbocycles. The van der Waals surface area contributed by atoms with Gasteiger partial charge in [0, 0.05) is 45.5 Å². The van der Waals surface area contributed by atoms with E-state index in [9.17, 15) is 28.0 Å². The molecule has 0 saturated heterocycles. The molecule has 4 aromatic carbocycles. The van der Waals surface area contributed by atoms with Crippen LogP contribution in [0.4, 0.5) is 20.2 Å². The Balaban J connectivity index is 0.000000157. The zero-order valence-electron chi connectivity index (χ0n) is 47.6. The van der Waals surface area contributed by atoms with E-state index >= 15 is 0 Å². The maximum atomic E-state index is 15.0. The highest BCUT2D eigenvalue weighted by Crippen LogP contribution is 2.61. The van der Waals surface area contributed by atoms with Crippen LogP contribution >= 0.6 is 0 Å². The van der Waals surface area contributed by atoms with Crippen molar-refractivity contribution >= 4 is 41.0 Å². The van der Waals surface area contributed by atoms with E-state index in [4.69, 9.17) is 46.9 Å². The molecule has 2 amide bonds. The maximum Gasteiger partial charge on any atom is 0.360 e. The first-order valence-corrected chi connectivity index (χ1v) is 27.7. The van der Waals surface area contributed by atoms with Gasteiger partial charge in [0.1, 0.15) is 58.9 Å². The predicted molar refractivity (Wildman–Crippen MR) is 296 cm³/mol. The molecular weight excluding hydrogens is 1090 g/mol. The van der Waals surface area contributed by atoms with E-state index < -0.39 is 75.8 Å². The first kappa shape index (κ1) is 54.2. The molecule has 4 N–H and O–H groups in total. The third-order valence-electron chi connectivity index (χ3n) is 16.8. The Kier molecular flexibility index (Phi) is 12.4. The Bertz CT molecular complexity index is 3950. The molecular formula is C62H60F2N8O12. The molecule has 22 heteroatoms. The van der Waals surface area contributed by atoms with Gasteiger partial charge in [-0.2, -0.15) is 0 Å². The molecule has 8 bridgehead atoms. The quantitative estimate of drug-likeness (QED) is 0.120. The highest BCUT2D eigenvalue weighted by molar-refractivity contribution is 5.98. The Hall–Kier alpha value is -9.08. The zero-order valence-corrected chi connectivity index (χ0v) is 47.6. The van der Waals surface area contributed by atoms with Gasteiger partial charge in [-0.05, 0) is 83.3 Å². The first-order valence-electron chi connectivity index (χ1n) is 27.7. The minimum atomic E-state index is -1.21. The molecule has 3 aromatic heterocycles. The van der Waals surface area contributed by atoms with Crippen molar-refractivity contribution in [2.75, 3.05) is 31.5 Å². The topological polar surface area (TPSA) is 253 Å². The van der Waals surface area contributed by atoms with Crippen molar-refractivity contribution in [3.05, 3.63) is 159 Å². The second-order valence-corrected chi connectivity index (χ2v) is 24.5. The highest BCUT2D eigenvalue weighted by atomic mass is 19.1. The van der Waals surface area contributed by atoms with Crippen molar-refractivity contribution in [2.24, 2.45) is 27.7 Å². The van der Waals surface area contributed by atoms with Gasteiger partial charge < -0.3 is 58.2 Å². The number of oxazole rings is 3. The molecule has 9 atom stereocenters. The average molecular weight is 1150 g/mol. The van der Waals surface area contributed by atoms with Crippen molar-refractivity contribution in [3.63, 3.8) is 0 Å². The van der Waals surface area contributed by atoms with E-state index in [0.29, 0.717) is 52.6 Å². The van der Waals surface area contributed by atoms with Crippen LogP contribution in [0.25, 0.3) is 11.6 Å². The molecule has 10 heterocycles. The number of rotatable bonds is 4. The van der Waals surface area contributed by atoms with Crippen LogP contribution in [0.15, 0.2) is 97.3 Å². The third kappa shape index (κ3) is 8.32. The monoisotopic (exact) mass is 1150 g/mol. The summed E-state index contributed by atoms with van der Waals surface area (Å²) in [5.74, 6) is -0.752. The largest absolute Gasteiger partial charge is 0.473 e. The van der Waals surface area contributed by atoms with Gasteiger partial charge in [-0.15, -0.1) is 0 Å². The predicted octanol–water partition coefficient (Wildman–Crippen LogP) is 9.14. The zero-order chi connectivity index (χ0) is 59.1. The van der Waals surface area contributed by atoms with Gasteiger partial charge in [-0.3, -0.25) is 9.59 Å². The van der Waals surface area contributed by atoms with E-state index in [-0.39, 0.29) is 76.7 Å². The number of esters is 2. The normalized spacial score (nSPS) is 25.6. The van der Waals surface area contributed by atoms with Crippen LogP contribution in [0.5, 0.6) is 11.5 Å². The fraction of sp³-hybridized carbons (Fsp3) is 0.387. The standard InChI is InChI=1S/C31H31FN4O6.C31H29FN4O6/c2*1-14-10-15-6-9-21-18(11-15)31(17-12-16(32)7-8-19(17)34-29(31)41-21)24-22(26-33-20(13-40-26)28(38)39-5)35-27(42-24)23(30(2,3)4)36-25(14)37/h6-9,11-12,14,20,23,29,34H,10,13H2,1-5H3,(H,36,37);6-9,11-14,23,29,34H,10H2,1-5H3,(H,36,37)/t14-,20?,23+,29+,31-;14-,23+,29+,31-/m00/s1. The number of carbonyl (C=O) groups excluding carboxylic acids is 4. The minimum absolute atomic E-state index is 0.00482. The van der Waals surface area contributed by atoms with Crippen LogP contribution < -0.4 is 30.7 Å². The smallest absolute Gasteiger partial charge is 0.360 e. The van der Waals surface area contributed by atoms with Gasteiger partial charge >= 0.3 is 11.9 Å². The number of amides is 2. The van der Waals surface area contributed by atoms with Crippen LogP contribution in [0, 0.1) is 34.3 Å². The van der Waals surface area contributed by atoms with Gasteiger partial charge in [0.25, 0.3) is 0 Å². The molecule has 14 rings (SSSR count). The lowest BCUT2D eigenvalue weighted by molar-refractivity contribution is -0.142. The van der Waals surface area contributed by atoms with Crippen molar-refractivity contribution in [2.45, 2.75) is 110 Å². The SMILES string of the molecule is COC(=O)C1COC(c2nc3oc2[C@@]24c5cc(F)ccc5N[C@@H]2Oc2ccc(cc24)C[C@H](C)C(=O)N[C@H]3C(C)(C)C)=N1.COC(=O)c1coc(-c2nc3oc2[C@@]24c5cc(F)ccc5N[C@@H]2Oc2ccc(cc24)C[C@H](C)C(=O)N[C@H]3C(C)(C)C)n1. The Labute approximate surface area is 480 Å². The Morgan fingerprint density at radius 3 is 1.62 bits per heavy atom. The lowest BCUT2D eigenvalue weighted by atomic mass is 9.72. The van der Waals surface area contributed by atoms with E-state index in [1.165, 1.54) is 44.7 Å². The minimum Gasteiger partial charge on any atom is -0.473 e. The third-order valence-corrected chi connectivity index (χ3v) is 16.8. The summed E-state index contributed by atoms with van der Waals surface area (Å²) in [6, 6.07) is 18.5. The van der Waals surface area contributed by atoms with Gasteiger partial charge in [-0.1, -0.05) is 79.7 Å². The summed E-state index contributed by atoms with van der Waals surface area (Å²) in [5.41, 5.74) is 2.82. The number of fused-ring (bicyclic) bond motifs is 8. The van der Waals surface area contributed by atoms with Crippen LogP contribution in [0.3, 0.4) is 0 Å². The van der Waals surface area contributed by atoms with Gasteiger partial charge in [0.15, 0.2) is 47.1 Å². The second kappa shape index (κ2) is 19.2. The summed E-state index contributed by atoms with van der Waals surface area (Å²) in [5, 5.41) is 13.1. The van der Waals surface area contributed by atoms with Crippen LogP contribution in [0.2, 0.25) is 0 Å². The highest BCUT2D eigenvalue weighted by Gasteiger charge is 2.63. The number of benzene rings is 4. The number of halogens is 2. The Morgan fingerprint density at radius 1 is 0.631 bits per heavy atom. The van der Waals surface area contributed by atoms with Crippen LogP contribution in [-0.2, 0) is 52.3 Å². The lowest BCUT2D eigenvalue weighted by Gasteiger charge is -2.31. The molecule has 7 aliphatic heterocycles. The van der Waals surface area contributed by atoms with E-state index in [0.717, 1.165) is 22.3 Å². The summed E-state index contributed by atoms with van der Waals surface area (Å²) >= 11 is 0. The summed E-state index contributed by atoms with van der Waals surface area (Å²) in [6.45, 7) is 15.6. The number of anilines is 2. The van der Waals surface area contributed by atoms with Crippen molar-refractivity contribution in [3.8, 4) is 23.1 Å². The molecule has 0 saturated carbocycles. The van der Waals surface area contributed by atoms with Crippen LogP contribution in [-0.4, -0.2) is 83.9 Å². The van der Waals surface area contributed by atoms with Gasteiger partial charge in [0.2, 0.25) is 35.4 Å². The summed E-state index contributed by atoms with van der Waals surface area (Å²) in [6.07, 6.45) is 0.709. The molecule has 20 nitrogen and oxygen atoms in total. The van der Waals surface area contributed by atoms with Crippen LogP contribution in [0.1, 0.15) is 140 Å². The van der Waals surface area contributed by atoms with E-state index in [2.05, 4.69) is 31.2 Å². The van der Waals surface area contributed by atoms with Crippen molar-refractivity contribution in [1.29, 1.82) is 0 Å². The van der Waals surface area contributed by atoms with Crippen molar-refractivity contribution in [1.82, 2.24) is 25.6 Å². The fourth-order valence-corrected chi connectivity index (χ4v) is 12.6. The number of nitrogens with one attached hydrogen (secondary N) is 4. The summed E-state index contributed by atoms with van der Waals surface area (Å²) in [7, 11) is 2.54. The number of hydrogen-bond donors (Lipinski definition) is 4. The van der Waals surface area contributed by atoms with E-state index in [1.54, 1.807) is 12.1 Å². The number of carbonyl (C=O) groups is 4. The number of ether oxygens (including phenoxy) is 5. The summed E-state index contributed by atoms with van der Waals surface area (Å²) in [4.78, 5) is 70.2. The van der Waals surface area contributed by atoms with E-state index in [1.807, 2.05) is 91.8 Å². The first-order chi connectivity index (χ1) is 40.0. The molecule has 0 radical (unpaired) electrons. The molecule has 7 aromatic rings. The lowest BCUT2D eigenvalue weighted by Crippen LogP contribution is -2.41. The maximum absolute atomic E-state index is 15.0. The fourth-order valence-electron chi connectivity index (χ4n) is 12.6. The van der Waals surface area contributed by atoms with Gasteiger partial charge in [0.05, 0.1) is 14.2 Å². The summed E-state index contributed by atoms with van der Waals surface area (Å²) < 4.78 is 77.8. The number of aliphatic imine (C=N–C) groups is 1. The average Bonchev–Trinajstić information content (AvgIpc) is 1.54. The molecule has 434 valence electrons. The second-order valence-electron chi connectivity index (χ2n) is 24.5. The molecule has 2 spiro atoms.